The predicted octanol–water partition coefficient (Wildman–Crippen LogP) is 2.85. The fraction of sp³-hybridized carbons (Fsp3) is 0.571. The molecule has 1 heteroatoms. The van der Waals surface area contributed by atoms with E-state index in [0.717, 1.165) is 5.92 Å². The van der Waals surface area contributed by atoms with Gasteiger partial charge in [0, 0.05) is 11.6 Å². The summed E-state index contributed by atoms with van der Waals surface area (Å²) in [5, 5.41) is 3.84. The summed E-state index contributed by atoms with van der Waals surface area (Å²) in [7, 11) is 0. The van der Waals surface area contributed by atoms with Crippen molar-refractivity contribution in [3.63, 3.8) is 0 Å². The van der Waals surface area contributed by atoms with E-state index in [1.807, 2.05) is 0 Å². The van der Waals surface area contributed by atoms with Gasteiger partial charge in [-0.1, -0.05) is 31.2 Å². The lowest BCUT2D eigenvalue weighted by Crippen LogP contribution is -2.40. The van der Waals surface area contributed by atoms with Gasteiger partial charge in [0.05, 0.1) is 0 Å². The molecule has 1 aliphatic carbocycles. The first-order chi connectivity index (χ1) is 7.22. The Bertz CT molecular complexity index is 385. The van der Waals surface area contributed by atoms with Crippen LogP contribution in [0.5, 0.6) is 0 Å². The lowest BCUT2D eigenvalue weighted by atomic mass is 9.82. The maximum absolute atomic E-state index is 3.84. The van der Waals surface area contributed by atoms with Gasteiger partial charge in [-0.05, 0) is 43.2 Å². The van der Waals surface area contributed by atoms with Crippen LogP contribution in [0.15, 0.2) is 24.3 Å². The van der Waals surface area contributed by atoms with Gasteiger partial charge in [-0.25, -0.2) is 0 Å². The van der Waals surface area contributed by atoms with Crippen LogP contribution in [-0.2, 0) is 12.0 Å². The highest BCUT2D eigenvalue weighted by Crippen LogP contribution is 2.47. The Morgan fingerprint density at radius 1 is 1.27 bits per heavy atom. The maximum Gasteiger partial charge on any atom is 0.0469 e. The normalized spacial score (nSPS) is 38.5. The SMILES string of the molecule is C[C@@H]1C[C@H](C)N[C@@]12CCc1ccccc12. The fourth-order valence-corrected chi connectivity index (χ4v) is 3.67. The van der Waals surface area contributed by atoms with Gasteiger partial charge in [-0.15, -0.1) is 0 Å². The first-order valence-electron chi connectivity index (χ1n) is 6.08. The molecule has 0 saturated carbocycles. The van der Waals surface area contributed by atoms with Crippen molar-refractivity contribution < 1.29 is 0 Å². The zero-order valence-corrected chi connectivity index (χ0v) is 9.59. The van der Waals surface area contributed by atoms with E-state index in [1.165, 1.54) is 19.3 Å². The van der Waals surface area contributed by atoms with Crippen molar-refractivity contribution in [2.45, 2.75) is 44.7 Å². The number of nitrogens with one attached hydrogen (secondary N) is 1. The summed E-state index contributed by atoms with van der Waals surface area (Å²) in [6, 6.07) is 9.64. The Balaban J connectivity index is 2.09. The molecule has 0 unspecified atom stereocenters. The molecule has 0 aromatic heterocycles. The number of fused-ring (bicyclic) bond motifs is 2. The molecule has 15 heavy (non-hydrogen) atoms. The Morgan fingerprint density at radius 3 is 2.80 bits per heavy atom. The Labute approximate surface area is 91.9 Å². The molecule has 3 atom stereocenters. The largest absolute Gasteiger partial charge is 0.305 e. The molecular formula is C14H19N. The van der Waals surface area contributed by atoms with Crippen LogP contribution in [0.1, 0.15) is 37.8 Å². The average Bonchev–Trinajstić information content (AvgIpc) is 2.72. The van der Waals surface area contributed by atoms with Crippen molar-refractivity contribution in [3.05, 3.63) is 35.4 Å². The molecule has 1 aliphatic heterocycles. The van der Waals surface area contributed by atoms with Gasteiger partial charge in [0.2, 0.25) is 0 Å². The zero-order valence-electron chi connectivity index (χ0n) is 9.59. The molecule has 1 N–H and O–H groups in total. The highest BCUT2D eigenvalue weighted by molar-refractivity contribution is 5.40. The van der Waals surface area contributed by atoms with E-state index in [9.17, 15) is 0 Å². The van der Waals surface area contributed by atoms with Gasteiger partial charge in [-0.2, -0.15) is 0 Å². The van der Waals surface area contributed by atoms with E-state index in [-0.39, 0.29) is 0 Å². The van der Waals surface area contributed by atoms with Gasteiger partial charge in [-0.3, -0.25) is 0 Å². The van der Waals surface area contributed by atoms with Gasteiger partial charge in [0.15, 0.2) is 0 Å². The molecule has 0 amide bonds. The van der Waals surface area contributed by atoms with Crippen molar-refractivity contribution >= 4 is 0 Å². The molecule has 3 rings (SSSR count). The third-order valence-electron chi connectivity index (χ3n) is 4.34. The Hall–Kier alpha value is -0.820. The third-order valence-corrected chi connectivity index (χ3v) is 4.34. The molecular weight excluding hydrogens is 182 g/mol. The lowest BCUT2D eigenvalue weighted by molar-refractivity contribution is 0.295. The van der Waals surface area contributed by atoms with Crippen LogP contribution < -0.4 is 5.32 Å². The molecule has 0 bridgehead atoms. The summed E-state index contributed by atoms with van der Waals surface area (Å²) >= 11 is 0. The van der Waals surface area contributed by atoms with Gasteiger partial charge < -0.3 is 5.32 Å². The van der Waals surface area contributed by atoms with E-state index in [2.05, 4.69) is 43.4 Å². The van der Waals surface area contributed by atoms with Crippen molar-refractivity contribution in [1.29, 1.82) is 0 Å². The van der Waals surface area contributed by atoms with Crippen LogP contribution in [0.3, 0.4) is 0 Å². The molecule has 80 valence electrons. The van der Waals surface area contributed by atoms with E-state index in [4.69, 9.17) is 0 Å². The van der Waals surface area contributed by atoms with Crippen LogP contribution in [0, 0.1) is 5.92 Å². The second kappa shape index (κ2) is 3.08. The Morgan fingerprint density at radius 2 is 2.07 bits per heavy atom. The predicted molar refractivity (Wildman–Crippen MR) is 62.8 cm³/mol. The van der Waals surface area contributed by atoms with Crippen molar-refractivity contribution in [2.24, 2.45) is 5.92 Å². The van der Waals surface area contributed by atoms with Gasteiger partial charge in [0.25, 0.3) is 0 Å². The molecule has 0 radical (unpaired) electrons. The van der Waals surface area contributed by atoms with Crippen molar-refractivity contribution in [2.75, 3.05) is 0 Å². The lowest BCUT2D eigenvalue weighted by Gasteiger charge is -2.31. The number of aryl methyl sites for hydroxylation is 1. The minimum absolute atomic E-state index is 0.302. The van der Waals surface area contributed by atoms with Crippen LogP contribution >= 0.6 is 0 Å². The second-order valence-electron chi connectivity index (χ2n) is 5.31. The molecule has 1 aromatic rings. The van der Waals surface area contributed by atoms with E-state index >= 15 is 0 Å². The molecule has 1 saturated heterocycles. The number of rotatable bonds is 0. The summed E-state index contributed by atoms with van der Waals surface area (Å²) in [4.78, 5) is 0. The van der Waals surface area contributed by atoms with Crippen LogP contribution in [0.4, 0.5) is 0 Å². The summed E-state index contributed by atoms with van der Waals surface area (Å²) in [5.74, 6) is 0.774. The maximum atomic E-state index is 3.84. The number of hydrogen-bond donors (Lipinski definition) is 1. The minimum atomic E-state index is 0.302. The first kappa shape index (κ1) is 9.41. The molecule has 1 spiro atoms. The molecule has 1 heterocycles. The van der Waals surface area contributed by atoms with E-state index in [1.54, 1.807) is 11.1 Å². The first-order valence-corrected chi connectivity index (χ1v) is 6.08. The number of hydrogen-bond acceptors (Lipinski definition) is 1. The standard InChI is InChI=1S/C14H19N/c1-10-9-11(2)15-14(10)8-7-12-5-3-4-6-13(12)14/h3-6,10-11,15H,7-9H2,1-2H3/t10-,11+,14+/m1/s1. The third kappa shape index (κ3) is 1.19. The average molecular weight is 201 g/mol. The van der Waals surface area contributed by atoms with E-state index in [0.29, 0.717) is 11.6 Å². The minimum Gasteiger partial charge on any atom is -0.305 e. The van der Waals surface area contributed by atoms with Gasteiger partial charge >= 0.3 is 0 Å². The summed E-state index contributed by atoms with van der Waals surface area (Å²) in [6.07, 6.45) is 3.85. The van der Waals surface area contributed by atoms with Crippen LogP contribution in [0.2, 0.25) is 0 Å². The van der Waals surface area contributed by atoms with Gasteiger partial charge in [0.1, 0.15) is 0 Å². The quantitative estimate of drug-likeness (QED) is 0.680. The van der Waals surface area contributed by atoms with Crippen molar-refractivity contribution in [1.82, 2.24) is 5.32 Å². The van der Waals surface area contributed by atoms with Crippen LogP contribution in [0.25, 0.3) is 0 Å². The monoisotopic (exact) mass is 201 g/mol. The molecule has 1 aromatic carbocycles. The Kier molecular flexibility index (Phi) is 1.93. The topological polar surface area (TPSA) is 12.0 Å². The summed E-state index contributed by atoms with van der Waals surface area (Å²) in [5.41, 5.74) is 3.43. The highest BCUT2D eigenvalue weighted by atomic mass is 15.1. The van der Waals surface area contributed by atoms with E-state index < -0.39 is 0 Å². The number of benzene rings is 1. The highest BCUT2D eigenvalue weighted by Gasteiger charge is 2.47. The molecule has 1 fully saturated rings. The molecule has 1 nitrogen and oxygen atoms in total. The fourth-order valence-electron chi connectivity index (χ4n) is 3.67. The summed E-state index contributed by atoms with van der Waals surface area (Å²) < 4.78 is 0. The second-order valence-corrected chi connectivity index (χ2v) is 5.31. The zero-order chi connectivity index (χ0) is 10.5. The summed E-state index contributed by atoms with van der Waals surface area (Å²) in [6.45, 7) is 4.71. The smallest absolute Gasteiger partial charge is 0.0469 e. The molecule has 2 aliphatic rings. The van der Waals surface area contributed by atoms with Crippen LogP contribution in [-0.4, -0.2) is 6.04 Å². The van der Waals surface area contributed by atoms with Crippen molar-refractivity contribution in [3.8, 4) is 0 Å².